The van der Waals surface area contributed by atoms with Gasteiger partial charge in [-0.25, -0.2) is 0 Å². The first-order valence-corrected chi connectivity index (χ1v) is 7.23. The number of nitrogens with zero attached hydrogens (tertiary/aromatic N) is 2. The molecule has 2 N–H and O–H groups in total. The lowest BCUT2D eigenvalue weighted by molar-refractivity contribution is -0.384. The van der Waals surface area contributed by atoms with Gasteiger partial charge in [-0.1, -0.05) is 0 Å². The van der Waals surface area contributed by atoms with E-state index in [-0.39, 0.29) is 11.7 Å². The summed E-state index contributed by atoms with van der Waals surface area (Å²) in [7, 11) is 0. The minimum absolute atomic E-state index is 0.0280. The number of nitrogens with one attached hydrogen (secondary N) is 2. The molecule has 0 radical (unpaired) electrons. The van der Waals surface area contributed by atoms with Crippen LogP contribution in [0.4, 0.5) is 11.4 Å². The fourth-order valence-electron chi connectivity index (χ4n) is 3.09. The minimum atomic E-state index is -0.393. The molecule has 2 atom stereocenters. The van der Waals surface area contributed by atoms with Gasteiger partial charge < -0.3 is 10.6 Å². The lowest BCUT2D eigenvalue weighted by Gasteiger charge is -2.30. The molecule has 1 aromatic rings. The first-order chi connectivity index (χ1) is 9.13. The van der Waals surface area contributed by atoms with E-state index in [9.17, 15) is 10.1 Å². The van der Waals surface area contributed by atoms with E-state index >= 15 is 0 Å². The highest BCUT2D eigenvalue weighted by Crippen LogP contribution is 2.35. The summed E-state index contributed by atoms with van der Waals surface area (Å²) >= 11 is 3.34. The van der Waals surface area contributed by atoms with Crippen molar-refractivity contribution in [1.29, 1.82) is 0 Å². The summed E-state index contributed by atoms with van der Waals surface area (Å²) in [5.74, 6) is 0. The Morgan fingerprint density at radius 1 is 1.37 bits per heavy atom. The molecule has 0 aromatic carbocycles. The Morgan fingerprint density at radius 3 is 2.68 bits per heavy atom. The molecule has 19 heavy (non-hydrogen) atoms. The van der Waals surface area contributed by atoms with Gasteiger partial charge in [0.2, 0.25) is 0 Å². The molecule has 2 bridgehead atoms. The summed E-state index contributed by atoms with van der Waals surface area (Å²) in [6.07, 6.45) is 7.34. The SMILES string of the molecule is O=[N+]([O-])c1cncc(Br)c1NC1CC2CCC(C1)N2. The summed E-state index contributed by atoms with van der Waals surface area (Å²) in [4.78, 5) is 14.5. The van der Waals surface area contributed by atoms with E-state index in [1.165, 1.54) is 19.0 Å². The first kappa shape index (κ1) is 12.8. The zero-order valence-electron chi connectivity index (χ0n) is 10.3. The number of pyridine rings is 1. The van der Waals surface area contributed by atoms with Gasteiger partial charge in [-0.3, -0.25) is 15.1 Å². The molecule has 2 saturated heterocycles. The molecular formula is C12H15BrN4O2. The van der Waals surface area contributed by atoms with Crippen LogP contribution in [0, 0.1) is 10.1 Å². The Hall–Kier alpha value is -1.21. The van der Waals surface area contributed by atoms with Crippen LogP contribution >= 0.6 is 15.9 Å². The monoisotopic (exact) mass is 326 g/mol. The van der Waals surface area contributed by atoms with E-state index in [0.29, 0.717) is 22.2 Å². The summed E-state index contributed by atoms with van der Waals surface area (Å²) in [6.45, 7) is 0. The topological polar surface area (TPSA) is 80.1 Å². The predicted molar refractivity (Wildman–Crippen MR) is 75.2 cm³/mol. The van der Waals surface area contributed by atoms with E-state index in [1.54, 1.807) is 6.20 Å². The van der Waals surface area contributed by atoms with Crippen molar-refractivity contribution in [3.63, 3.8) is 0 Å². The van der Waals surface area contributed by atoms with Crippen molar-refractivity contribution in [1.82, 2.24) is 10.3 Å². The van der Waals surface area contributed by atoms with E-state index in [2.05, 4.69) is 31.5 Å². The van der Waals surface area contributed by atoms with E-state index in [1.807, 2.05) is 0 Å². The maximum atomic E-state index is 11.0. The quantitative estimate of drug-likeness (QED) is 0.658. The highest BCUT2D eigenvalue weighted by atomic mass is 79.9. The Balaban J connectivity index is 1.81. The van der Waals surface area contributed by atoms with E-state index < -0.39 is 4.92 Å². The van der Waals surface area contributed by atoms with Gasteiger partial charge in [0.15, 0.2) is 0 Å². The second-order valence-electron chi connectivity index (χ2n) is 5.22. The van der Waals surface area contributed by atoms with Crippen LogP contribution in [0.2, 0.25) is 0 Å². The van der Waals surface area contributed by atoms with Crippen LogP contribution in [0.3, 0.4) is 0 Å². The second kappa shape index (κ2) is 5.05. The molecule has 2 fully saturated rings. The minimum Gasteiger partial charge on any atom is -0.376 e. The van der Waals surface area contributed by atoms with Crippen molar-refractivity contribution in [2.24, 2.45) is 0 Å². The number of halogens is 1. The molecule has 3 heterocycles. The zero-order chi connectivity index (χ0) is 13.4. The van der Waals surface area contributed by atoms with Crippen LogP contribution in [0.5, 0.6) is 0 Å². The van der Waals surface area contributed by atoms with Gasteiger partial charge in [0.1, 0.15) is 11.9 Å². The maximum absolute atomic E-state index is 11.0. The molecule has 0 aliphatic carbocycles. The van der Waals surface area contributed by atoms with Gasteiger partial charge in [-0.05, 0) is 41.6 Å². The van der Waals surface area contributed by atoms with Crippen molar-refractivity contribution in [3.05, 3.63) is 27.0 Å². The molecule has 2 aliphatic rings. The molecular weight excluding hydrogens is 312 g/mol. The van der Waals surface area contributed by atoms with Crippen molar-refractivity contribution < 1.29 is 4.92 Å². The highest BCUT2D eigenvalue weighted by Gasteiger charge is 2.34. The average Bonchev–Trinajstić information content (AvgIpc) is 2.71. The Kier molecular flexibility index (Phi) is 3.40. The summed E-state index contributed by atoms with van der Waals surface area (Å²) in [5, 5.41) is 17.9. The summed E-state index contributed by atoms with van der Waals surface area (Å²) < 4.78 is 0.646. The van der Waals surface area contributed by atoms with Crippen molar-refractivity contribution in [2.75, 3.05) is 5.32 Å². The molecule has 2 unspecified atom stereocenters. The van der Waals surface area contributed by atoms with Crippen molar-refractivity contribution in [3.8, 4) is 0 Å². The number of fused-ring (bicyclic) bond motifs is 2. The molecule has 6 nitrogen and oxygen atoms in total. The fraction of sp³-hybridized carbons (Fsp3) is 0.583. The number of rotatable bonds is 3. The third-order valence-corrected chi connectivity index (χ3v) is 4.50. The molecule has 0 spiro atoms. The highest BCUT2D eigenvalue weighted by molar-refractivity contribution is 9.10. The molecule has 0 saturated carbocycles. The van der Waals surface area contributed by atoms with Gasteiger partial charge >= 0.3 is 5.69 Å². The fourth-order valence-corrected chi connectivity index (χ4v) is 3.52. The van der Waals surface area contributed by atoms with Crippen LogP contribution in [-0.2, 0) is 0 Å². The predicted octanol–water partition coefficient (Wildman–Crippen LogP) is 2.45. The van der Waals surface area contributed by atoms with Gasteiger partial charge in [-0.2, -0.15) is 0 Å². The molecule has 2 aliphatic heterocycles. The third kappa shape index (κ3) is 2.57. The van der Waals surface area contributed by atoms with Gasteiger partial charge in [0.05, 0.1) is 9.40 Å². The lowest BCUT2D eigenvalue weighted by Crippen LogP contribution is -2.43. The van der Waals surface area contributed by atoms with Crippen molar-refractivity contribution >= 4 is 27.3 Å². The Bertz CT molecular complexity index is 499. The number of anilines is 1. The molecule has 0 amide bonds. The Morgan fingerprint density at radius 2 is 2.05 bits per heavy atom. The molecule has 7 heteroatoms. The van der Waals surface area contributed by atoms with Crippen LogP contribution in [0.25, 0.3) is 0 Å². The number of nitro groups is 1. The van der Waals surface area contributed by atoms with Crippen LogP contribution in [-0.4, -0.2) is 28.0 Å². The summed E-state index contributed by atoms with van der Waals surface area (Å²) in [5.41, 5.74) is 0.576. The van der Waals surface area contributed by atoms with Crippen molar-refractivity contribution in [2.45, 2.75) is 43.8 Å². The largest absolute Gasteiger partial charge is 0.376 e. The maximum Gasteiger partial charge on any atom is 0.311 e. The normalized spacial score (nSPS) is 29.2. The zero-order valence-corrected chi connectivity index (χ0v) is 11.9. The van der Waals surface area contributed by atoms with Gasteiger partial charge in [-0.15, -0.1) is 0 Å². The Labute approximate surface area is 119 Å². The lowest BCUT2D eigenvalue weighted by atomic mass is 9.99. The summed E-state index contributed by atoms with van der Waals surface area (Å²) in [6, 6.07) is 1.39. The van der Waals surface area contributed by atoms with E-state index in [0.717, 1.165) is 12.8 Å². The van der Waals surface area contributed by atoms with E-state index in [4.69, 9.17) is 0 Å². The second-order valence-corrected chi connectivity index (χ2v) is 6.08. The van der Waals surface area contributed by atoms with Crippen LogP contribution in [0.15, 0.2) is 16.9 Å². The number of piperidine rings is 1. The van der Waals surface area contributed by atoms with Crippen LogP contribution in [0.1, 0.15) is 25.7 Å². The third-order valence-electron chi connectivity index (χ3n) is 3.90. The number of hydrogen-bond donors (Lipinski definition) is 2. The van der Waals surface area contributed by atoms with Crippen LogP contribution < -0.4 is 10.6 Å². The standard InChI is InChI=1S/C12H15BrN4O2/c13-10-5-14-6-11(17(18)19)12(10)16-9-3-7-1-2-8(4-9)15-7/h5-9,15H,1-4H2,(H,14,16). The smallest absolute Gasteiger partial charge is 0.311 e. The molecule has 102 valence electrons. The van der Waals surface area contributed by atoms with Gasteiger partial charge in [0, 0.05) is 24.3 Å². The molecule has 1 aromatic heterocycles. The number of hydrogen-bond acceptors (Lipinski definition) is 5. The molecule has 3 rings (SSSR count). The average molecular weight is 327 g/mol. The number of aromatic nitrogens is 1. The van der Waals surface area contributed by atoms with Gasteiger partial charge in [0.25, 0.3) is 0 Å². The first-order valence-electron chi connectivity index (χ1n) is 6.44.